The van der Waals surface area contributed by atoms with Gasteiger partial charge in [0.25, 0.3) is 0 Å². The van der Waals surface area contributed by atoms with Crippen LogP contribution in [0.15, 0.2) is 17.5 Å². The van der Waals surface area contributed by atoms with Crippen LogP contribution in [0.4, 0.5) is 4.79 Å². The van der Waals surface area contributed by atoms with Gasteiger partial charge in [0.2, 0.25) is 0 Å². The maximum Gasteiger partial charge on any atom is 0.323 e. The van der Waals surface area contributed by atoms with Crippen LogP contribution in [0.25, 0.3) is 0 Å². The lowest BCUT2D eigenvalue weighted by atomic mass is 10.4. The summed E-state index contributed by atoms with van der Waals surface area (Å²) in [6.07, 6.45) is 0. The molecule has 1 aromatic rings. The highest BCUT2D eigenvalue weighted by molar-refractivity contribution is 7.09. The average molecular weight is 300 g/mol. The third-order valence-electron chi connectivity index (χ3n) is 2.74. The van der Waals surface area contributed by atoms with Gasteiger partial charge in [0.05, 0.1) is 13.2 Å². The minimum absolute atomic E-state index is 0.266. The van der Waals surface area contributed by atoms with Gasteiger partial charge in [-0.3, -0.25) is 4.79 Å². The monoisotopic (exact) mass is 300 g/mol. The van der Waals surface area contributed by atoms with E-state index >= 15 is 0 Å². The van der Waals surface area contributed by atoms with E-state index in [2.05, 4.69) is 0 Å². The van der Waals surface area contributed by atoms with Gasteiger partial charge in [-0.05, 0) is 18.4 Å². The molecular formula is C13H20N2O4S. The Morgan fingerprint density at radius 1 is 1.40 bits per heavy atom. The molecule has 0 saturated carbocycles. The number of aliphatic carboxylic acids is 1. The highest BCUT2D eigenvalue weighted by atomic mass is 32.1. The molecule has 1 aromatic heterocycles. The summed E-state index contributed by atoms with van der Waals surface area (Å²) in [6, 6.07) is 3.61. The largest absolute Gasteiger partial charge is 0.480 e. The number of carboxylic acids is 1. The highest BCUT2D eigenvalue weighted by Crippen LogP contribution is 2.13. The maximum absolute atomic E-state index is 12.4. The Morgan fingerprint density at radius 2 is 2.15 bits per heavy atom. The molecule has 0 radical (unpaired) electrons. The topological polar surface area (TPSA) is 70.1 Å². The summed E-state index contributed by atoms with van der Waals surface area (Å²) in [7, 11) is 1.52. The van der Waals surface area contributed by atoms with Gasteiger partial charge in [-0.1, -0.05) is 6.07 Å². The Labute approximate surface area is 122 Å². The molecule has 0 saturated heterocycles. The van der Waals surface area contributed by atoms with Crippen LogP contribution in [0.5, 0.6) is 0 Å². The number of thiophene rings is 1. The van der Waals surface area contributed by atoms with Crippen molar-refractivity contribution < 1.29 is 19.4 Å². The molecule has 0 bridgehead atoms. The maximum atomic E-state index is 12.4. The summed E-state index contributed by atoms with van der Waals surface area (Å²) in [6.45, 7) is 3.16. The summed E-state index contributed by atoms with van der Waals surface area (Å²) in [5.74, 6) is -1.03. The standard InChI is InChI=1S/C13H20N2O4S/c1-3-14(9-11-5-4-8-20-11)13(18)15(6-7-19-2)10-12(16)17/h4-5,8H,3,6-7,9-10H2,1-2H3,(H,16,17). The quantitative estimate of drug-likeness (QED) is 0.793. The minimum atomic E-state index is -1.03. The van der Waals surface area contributed by atoms with Crippen LogP contribution in [0.1, 0.15) is 11.8 Å². The molecule has 1 N–H and O–H groups in total. The van der Waals surface area contributed by atoms with Gasteiger partial charge in [-0.2, -0.15) is 0 Å². The highest BCUT2D eigenvalue weighted by Gasteiger charge is 2.22. The number of hydrogen-bond acceptors (Lipinski definition) is 4. The zero-order valence-electron chi connectivity index (χ0n) is 11.7. The molecule has 7 heteroatoms. The van der Waals surface area contributed by atoms with Crippen LogP contribution < -0.4 is 0 Å². The molecule has 0 unspecified atom stereocenters. The van der Waals surface area contributed by atoms with Crippen molar-refractivity contribution in [3.8, 4) is 0 Å². The average Bonchev–Trinajstić information content (AvgIpc) is 2.92. The van der Waals surface area contributed by atoms with Crippen LogP contribution in [-0.4, -0.2) is 60.3 Å². The van der Waals surface area contributed by atoms with Crippen LogP contribution in [0.2, 0.25) is 0 Å². The van der Waals surface area contributed by atoms with E-state index in [0.717, 1.165) is 4.88 Å². The van der Waals surface area contributed by atoms with Crippen molar-refractivity contribution in [1.82, 2.24) is 9.80 Å². The Balaban J connectivity index is 2.70. The lowest BCUT2D eigenvalue weighted by molar-refractivity contribution is -0.137. The summed E-state index contributed by atoms with van der Waals surface area (Å²) in [5, 5.41) is 10.8. The molecule has 2 amide bonds. The smallest absolute Gasteiger partial charge is 0.323 e. The fourth-order valence-electron chi connectivity index (χ4n) is 1.71. The van der Waals surface area contributed by atoms with E-state index < -0.39 is 5.97 Å². The van der Waals surface area contributed by atoms with E-state index in [1.165, 1.54) is 12.0 Å². The van der Waals surface area contributed by atoms with Crippen molar-refractivity contribution in [2.75, 3.05) is 33.4 Å². The molecule has 112 valence electrons. The molecule has 0 fully saturated rings. The van der Waals surface area contributed by atoms with Crippen molar-refractivity contribution in [2.45, 2.75) is 13.5 Å². The van der Waals surface area contributed by atoms with Gasteiger partial charge >= 0.3 is 12.0 Å². The van der Waals surface area contributed by atoms with Crippen LogP contribution in [0, 0.1) is 0 Å². The predicted octanol–water partition coefficient (Wildman–Crippen LogP) is 1.72. The summed E-state index contributed by atoms with van der Waals surface area (Å²) >= 11 is 1.57. The second-order valence-corrected chi connectivity index (χ2v) is 5.22. The van der Waals surface area contributed by atoms with E-state index in [1.807, 2.05) is 24.4 Å². The number of hydrogen-bond donors (Lipinski definition) is 1. The molecule has 0 atom stereocenters. The van der Waals surface area contributed by atoms with Crippen molar-refractivity contribution in [1.29, 1.82) is 0 Å². The fraction of sp³-hybridized carbons (Fsp3) is 0.538. The number of methoxy groups -OCH3 is 1. The van der Waals surface area contributed by atoms with E-state index in [0.29, 0.717) is 19.7 Å². The molecular weight excluding hydrogens is 280 g/mol. The van der Waals surface area contributed by atoms with Gasteiger partial charge < -0.3 is 19.6 Å². The Bertz CT molecular complexity index is 422. The molecule has 0 aromatic carbocycles. The summed E-state index contributed by atoms with van der Waals surface area (Å²) < 4.78 is 4.92. The Hall–Kier alpha value is -1.60. The van der Waals surface area contributed by atoms with Crippen LogP contribution in [-0.2, 0) is 16.1 Å². The van der Waals surface area contributed by atoms with E-state index in [-0.39, 0.29) is 19.1 Å². The van der Waals surface area contributed by atoms with Crippen molar-refractivity contribution in [3.05, 3.63) is 22.4 Å². The third-order valence-corrected chi connectivity index (χ3v) is 3.60. The normalized spacial score (nSPS) is 10.3. The number of carbonyl (C=O) groups excluding carboxylic acids is 1. The number of urea groups is 1. The first-order valence-corrected chi connectivity index (χ1v) is 7.23. The number of ether oxygens (including phenoxy) is 1. The first-order chi connectivity index (χ1) is 9.58. The minimum Gasteiger partial charge on any atom is -0.480 e. The van der Waals surface area contributed by atoms with Gasteiger partial charge in [0, 0.05) is 25.1 Å². The molecule has 0 aliphatic heterocycles. The van der Waals surface area contributed by atoms with Crippen molar-refractivity contribution in [3.63, 3.8) is 0 Å². The van der Waals surface area contributed by atoms with Gasteiger partial charge in [-0.15, -0.1) is 11.3 Å². The number of nitrogens with zero attached hydrogens (tertiary/aromatic N) is 2. The van der Waals surface area contributed by atoms with Gasteiger partial charge in [-0.25, -0.2) is 4.79 Å². The first kappa shape index (κ1) is 16.5. The number of amides is 2. The van der Waals surface area contributed by atoms with Crippen LogP contribution >= 0.6 is 11.3 Å². The molecule has 6 nitrogen and oxygen atoms in total. The summed E-state index contributed by atoms with van der Waals surface area (Å²) in [4.78, 5) is 27.2. The number of rotatable bonds is 8. The van der Waals surface area contributed by atoms with E-state index in [9.17, 15) is 9.59 Å². The van der Waals surface area contributed by atoms with Crippen LogP contribution in [0.3, 0.4) is 0 Å². The lowest BCUT2D eigenvalue weighted by Gasteiger charge is -2.28. The number of carbonyl (C=O) groups is 2. The van der Waals surface area contributed by atoms with Gasteiger partial charge in [0.15, 0.2) is 0 Å². The molecule has 0 aliphatic carbocycles. The Morgan fingerprint density at radius 3 is 2.65 bits per heavy atom. The molecule has 0 spiro atoms. The molecule has 20 heavy (non-hydrogen) atoms. The third kappa shape index (κ3) is 5.18. The van der Waals surface area contributed by atoms with E-state index in [4.69, 9.17) is 9.84 Å². The van der Waals surface area contributed by atoms with Crippen molar-refractivity contribution >= 4 is 23.3 Å². The lowest BCUT2D eigenvalue weighted by Crippen LogP contribution is -2.46. The predicted molar refractivity (Wildman–Crippen MR) is 76.9 cm³/mol. The Kier molecular flexibility index (Phi) is 7.03. The molecule has 1 heterocycles. The van der Waals surface area contributed by atoms with Crippen molar-refractivity contribution in [2.24, 2.45) is 0 Å². The second kappa shape index (κ2) is 8.55. The SMILES string of the molecule is CCN(Cc1cccs1)C(=O)N(CCOC)CC(=O)O. The second-order valence-electron chi connectivity index (χ2n) is 4.18. The zero-order valence-corrected chi connectivity index (χ0v) is 12.6. The molecule has 0 aliphatic rings. The summed E-state index contributed by atoms with van der Waals surface area (Å²) in [5.41, 5.74) is 0. The zero-order chi connectivity index (χ0) is 15.0. The fourth-order valence-corrected chi connectivity index (χ4v) is 2.43. The van der Waals surface area contributed by atoms with E-state index in [1.54, 1.807) is 16.2 Å². The number of carboxylic acid groups (broad SMARTS) is 1. The first-order valence-electron chi connectivity index (χ1n) is 6.35. The molecule has 1 rings (SSSR count). The van der Waals surface area contributed by atoms with Gasteiger partial charge in [0.1, 0.15) is 6.54 Å².